The zero-order valence-electron chi connectivity index (χ0n) is 9.60. The number of Topliss-reactive ketones (excluding diaryl/α,β-unsaturated/α-hetero) is 1. The molecule has 1 aromatic carbocycles. The standard InChI is InChI=1S/C12H13Cl3O2/c1-3-7(2)11(16)6-17-12-5-9(14)8(13)4-10(12)15/h4-5,7H,3,6H2,1-2H3. The van der Waals surface area contributed by atoms with Crippen molar-refractivity contribution in [3.05, 3.63) is 27.2 Å². The van der Waals surface area contributed by atoms with E-state index in [4.69, 9.17) is 39.5 Å². The highest BCUT2D eigenvalue weighted by atomic mass is 35.5. The molecule has 0 N–H and O–H groups in total. The molecule has 0 heterocycles. The fourth-order valence-electron chi connectivity index (χ4n) is 1.13. The Balaban J connectivity index is 2.70. The SMILES string of the molecule is CCC(C)C(=O)COc1cc(Cl)c(Cl)cc1Cl. The average Bonchev–Trinajstić information content (AvgIpc) is 2.30. The summed E-state index contributed by atoms with van der Waals surface area (Å²) in [5, 5.41) is 1.05. The van der Waals surface area contributed by atoms with Crippen molar-refractivity contribution in [3.63, 3.8) is 0 Å². The molecule has 1 rings (SSSR count). The Labute approximate surface area is 116 Å². The van der Waals surface area contributed by atoms with Gasteiger partial charge in [-0.15, -0.1) is 0 Å². The van der Waals surface area contributed by atoms with Gasteiger partial charge in [0.25, 0.3) is 0 Å². The maximum Gasteiger partial charge on any atom is 0.172 e. The molecule has 94 valence electrons. The Morgan fingerprint density at radius 1 is 1.24 bits per heavy atom. The van der Waals surface area contributed by atoms with Crippen molar-refractivity contribution in [1.82, 2.24) is 0 Å². The van der Waals surface area contributed by atoms with Crippen LogP contribution in [0.1, 0.15) is 20.3 Å². The lowest BCUT2D eigenvalue weighted by atomic mass is 10.1. The van der Waals surface area contributed by atoms with Crippen molar-refractivity contribution in [2.24, 2.45) is 5.92 Å². The zero-order chi connectivity index (χ0) is 13.0. The van der Waals surface area contributed by atoms with Gasteiger partial charge in [-0.05, 0) is 12.5 Å². The Kier molecular flexibility index (Phi) is 5.57. The molecule has 0 amide bonds. The van der Waals surface area contributed by atoms with E-state index in [-0.39, 0.29) is 18.3 Å². The lowest BCUT2D eigenvalue weighted by molar-refractivity contribution is -0.124. The fraction of sp³-hybridized carbons (Fsp3) is 0.417. The zero-order valence-corrected chi connectivity index (χ0v) is 11.9. The largest absolute Gasteiger partial charge is 0.484 e. The monoisotopic (exact) mass is 294 g/mol. The molecule has 1 atom stereocenters. The molecule has 0 fully saturated rings. The van der Waals surface area contributed by atoms with Crippen molar-refractivity contribution >= 4 is 40.6 Å². The highest BCUT2D eigenvalue weighted by Crippen LogP contribution is 2.33. The van der Waals surface area contributed by atoms with Gasteiger partial charge in [0.15, 0.2) is 5.78 Å². The van der Waals surface area contributed by atoms with Crippen LogP contribution < -0.4 is 4.74 Å². The van der Waals surface area contributed by atoms with Gasteiger partial charge in [-0.1, -0.05) is 48.7 Å². The molecule has 0 aliphatic heterocycles. The third-order valence-corrected chi connectivity index (χ3v) is 3.52. The molecule has 1 aromatic rings. The molecule has 0 bridgehead atoms. The summed E-state index contributed by atoms with van der Waals surface area (Å²) < 4.78 is 5.33. The highest BCUT2D eigenvalue weighted by molar-refractivity contribution is 6.43. The van der Waals surface area contributed by atoms with Crippen LogP contribution in [-0.2, 0) is 4.79 Å². The summed E-state index contributed by atoms with van der Waals surface area (Å²) >= 11 is 17.5. The first-order valence-corrected chi connectivity index (χ1v) is 6.39. The maximum absolute atomic E-state index is 11.6. The van der Waals surface area contributed by atoms with Gasteiger partial charge < -0.3 is 4.74 Å². The second kappa shape index (κ2) is 6.48. The topological polar surface area (TPSA) is 26.3 Å². The van der Waals surface area contributed by atoms with Crippen LogP contribution in [0.3, 0.4) is 0 Å². The molecular weight excluding hydrogens is 282 g/mol. The first kappa shape index (κ1) is 14.6. The Hall–Kier alpha value is -0.440. The Bertz CT molecular complexity index is 418. The summed E-state index contributed by atoms with van der Waals surface area (Å²) in [6.45, 7) is 3.81. The second-order valence-electron chi connectivity index (χ2n) is 3.76. The van der Waals surface area contributed by atoms with Crippen LogP contribution in [0, 0.1) is 5.92 Å². The first-order valence-electron chi connectivity index (χ1n) is 5.25. The predicted octanol–water partition coefficient (Wildman–Crippen LogP) is 4.64. The average molecular weight is 296 g/mol. The number of ether oxygens (including phenoxy) is 1. The van der Waals surface area contributed by atoms with Crippen LogP contribution >= 0.6 is 34.8 Å². The highest BCUT2D eigenvalue weighted by Gasteiger charge is 2.13. The van der Waals surface area contributed by atoms with E-state index in [2.05, 4.69) is 0 Å². The molecule has 0 saturated heterocycles. The minimum absolute atomic E-state index is 0.00725. The van der Waals surface area contributed by atoms with Crippen LogP contribution in [0.5, 0.6) is 5.75 Å². The van der Waals surface area contributed by atoms with Crippen molar-refractivity contribution in [2.75, 3.05) is 6.61 Å². The van der Waals surface area contributed by atoms with E-state index >= 15 is 0 Å². The smallest absolute Gasteiger partial charge is 0.172 e. The summed E-state index contributed by atoms with van der Waals surface area (Å²) in [5.41, 5.74) is 0. The van der Waals surface area contributed by atoms with E-state index in [0.29, 0.717) is 20.8 Å². The number of benzene rings is 1. The number of carbonyl (C=O) groups excluding carboxylic acids is 1. The first-order chi connectivity index (χ1) is 7.95. The Morgan fingerprint density at radius 3 is 2.41 bits per heavy atom. The van der Waals surface area contributed by atoms with E-state index in [1.807, 2.05) is 13.8 Å². The van der Waals surface area contributed by atoms with Gasteiger partial charge in [-0.25, -0.2) is 0 Å². The third kappa shape index (κ3) is 4.06. The van der Waals surface area contributed by atoms with Gasteiger partial charge in [-0.3, -0.25) is 4.79 Å². The van der Waals surface area contributed by atoms with Crippen LogP contribution in [0.4, 0.5) is 0 Å². The predicted molar refractivity (Wildman–Crippen MR) is 71.4 cm³/mol. The van der Waals surface area contributed by atoms with E-state index in [9.17, 15) is 4.79 Å². The van der Waals surface area contributed by atoms with Crippen LogP contribution in [0.2, 0.25) is 15.1 Å². The van der Waals surface area contributed by atoms with E-state index in [0.717, 1.165) is 6.42 Å². The van der Waals surface area contributed by atoms with E-state index in [1.54, 1.807) is 0 Å². The van der Waals surface area contributed by atoms with Gasteiger partial charge in [-0.2, -0.15) is 0 Å². The van der Waals surface area contributed by atoms with Crippen molar-refractivity contribution in [2.45, 2.75) is 20.3 Å². The minimum Gasteiger partial charge on any atom is -0.484 e. The molecule has 1 unspecified atom stereocenters. The van der Waals surface area contributed by atoms with Crippen LogP contribution in [0.15, 0.2) is 12.1 Å². The molecule has 2 nitrogen and oxygen atoms in total. The molecule has 17 heavy (non-hydrogen) atoms. The summed E-state index contributed by atoms with van der Waals surface area (Å²) in [6, 6.07) is 3.00. The van der Waals surface area contributed by atoms with Gasteiger partial charge >= 0.3 is 0 Å². The lowest BCUT2D eigenvalue weighted by Crippen LogP contribution is -2.18. The number of hydrogen-bond acceptors (Lipinski definition) is 2. The third-order valence-electron chi connectivity index (χ3n) is 2.51. The number of rotatable bonds is 5. The molecular formula is C12H13Cl3O2. The lowest BCUT2D eigenvalue weighted by Gasteiger charge is -2.11. The molecule has 0 aromatic heterocycles. The van der Waals surface area contributed by atoms with Gasteiger partial charge in [0.05, 0.1) is 15.1 Å². The summed E-state index contributed by atoms with van der Waals surface area (Å²) in [4.78, 5) is 11.6. The van der Waals surface area contributed by atoms with Crippen LogP contribution in [-0.4, -0.2) is 12.4 Å². The summed E-state index contributed by atoms with van der Waals surface area (Å²) in [5.74, 6) is 0.393. The van der Waals surface area contributed by atoms with Gasteiger partial charge in [0.2, 0.25) is 0 Å². The number of carbonyl (C=O) groups is 1. The number of halogens is 3. The number of ketones is 1. The molecule has 0 aliphatic rings. The normalized spacial score (nSPS) is 12.3. The van der Waals surface area contributed by atoms with E-state index < -0.39 is 0 Å². The molecule has 0 radical (unpaired) electrons. The van der Waals surface area contributed by atoms with Crippen molar-refractivity contribution in [3.8, 4) is 5.75 Å². The fourth-order valence-corrected chi connectivity index (χ4v) is 1.73. The second-order valence-corrected chi connectivity index (χ2v) is 4.98. The molecule has 5 heteroatoms. The van der Waals surface area contributed by atoms with Gasteiger partial charge in [0.1, 0.15) is 12.4 Å². The molecule has 0 aliphatic carbocycles. The van der Waals surface area contributed by atoms with Crippen molar-refractivity contribution in [1.29, 1.82) is 0 Å². The number of hydrogen-bond donors (Lipinski definition) is 0. The van der Waals surface area contributed by atoms with Crippen LogP contribution in [0.25, 0.3) is 0 Å². The summed E-state index contributed by atoms with van der Waals surface area (Å²) in [7, 11) is 0. The summed E-state index contributed by atoms with van der Waals surface area (Å²) in [6.07, 6.45) is 0.789. The van der Waals surface area contributed by atoms with Crippen molar-refractivity contribution < 1.29 is 9.53 Å². The molecule has 0 saturated carbocycles. The Morgan fingerprint density at radius 2 is 1.82 bits per heavy atom. The molecule has 0 spiro atoms. The maximum atomic E-state index is 11.6. The minimum atomic E-state index is -0.0171. The van der Waals surface area contributed by atoms with Gasteiger partial charge in [0, 0.05) is 12.0 Å². The quantitative estimate of drug-likeness (QED) is 0.740. The van der Waals surface area contributed by atoms with E-state index in [1.165, 1.54) is 12.1 Å².